The van der Waals surface area contributed by atoms with Gasteiger partial charge in [0.15, 0.2) is 5.78 Å². The lowest BCUT2D eigenvalue weighted by Crippen LogP contribution is -2.49. The van der Waals surface area contributed by atoms with Crippen LogP contribution in [0.2, 0.25) is 0 Å². The first-order valence-corrected chi connectivity index (χ1v) is 6.73. The second-order valence-electron chi connectivity index (χ2n) is 5.24. The summed E-state index contributed by atoms with van der Waals surface area (Å²) in [5.74, 6) is -0.883. The van der Waals surface area contributed by atoms with Gasteiger partial charge in [-0.2, -0.15) is 0 Å². The van der Waals surface area contributed by atoms with Crippen LogP contribution in [0.1, 0.15) is 46.5 Å². The molecule has 1 saturated carbocycles. The van der Waals surface area contributed by atoms with Crippen LogP contribution in [0.25, 0.3) is 0 Å². The van der Waals surface area contributed by atoms with Crippen LogP contribution in [0.5, 0.6) is 0 Å². The molecular formula is C14H24O4. The standard InChI is InChI=1S/C14H24O4/c1-5-18-14(8-6-7-10(2)9-14)12(15)11(3)13(16)17-4/h10-11H,5-9H2,1-4H3. The lowest BCUT2D eigenvalue weighted by atomic mass is 9.73. The highest BCUT2D eigenvalue weighted by atomic mass is 16.5. The Morgan fingerprint density at radius 3 is 2.61 bits per heavy atom. The number of hydrogen-bond acceptors (Lipinski definition) is 4. The van der Waals surface area contributed by atoms with Crippen molar-refractivity contribution in [1.82, 2.24) is 0 Å². The molecule has 0 aromatic carbocycles. The van der Waals surface area contributed by atoms with Gasteiger partial charge < -0.3 is 9.47 Å². The first-order valence-electron chi connectivity index (χ1n) is 6.73. The number of esters is 1. The fourth-order valence-corrected chi connectivity index (χ4v) is 2.88. The average molecular weight is 256 g/mol. The van der Waals surface area contributed by atoms with Crippen molar-refractivity contribution in [3.8, 4) is 0 Å². The zero-order valence-corrected chi connectivity index (χ0v) is 11.8. The van der Waals surface area contributed by atoms with Crippen molar-refractivity contribution in [3.05, 3.63) is 0 Å². The molecule has 0 aliphatic heterocycles. The summed E-state index contributed by atoms with van der Waals surface area (Å²) < 4.78 is 10.4. The molecule has 3 unspecified atom stereocenters. The van der Waals surface area contributed by atoms with E-state index in [0.717, 1.165) is 12.8 Å². The Bertz CT molecular complexity index is 309. The molecule has 0 spiro atoms. The van der Waals surface area contributed by atoms with E-state index in [2.05, 4.69) is 11.7 Å². The number of methoxy groups -OCH3 is 1. The van der Waals surface area contributed by atoms with Crippen LogP contribution in [0.4, 0.5) is 0 Å². The number of rotatable bonds is 5. The Hall–Kier alpha value is -0.900. The van der Waals surface area contributed by atoms with Crippen molar-refractivity contribution in [3.63, 3.8) is 0 Å². The predicted octanol–water partition coefficient (Wildman–Crippen LogP) is 2.35. The summed E-state index contributed by atoms with van der Waals surface area (Å²) in [7, 11) is 1.31. The van der Waals surface area contributed by atoms with Gasteiger partial charge in [-0.25, -0.2) is 0 Å². The minimum Gasteiger partial charge on any atom is -0.468 e. The van der Waals surface area contributed by atoms with E-state index in [9.17, 15) is 9.59 Å². The van der Waals surface area contributed by atoms with E-state index in [1.54, 1.807) is 6.92 Å². The van der Waals surface area contributed by atoms with E-state index in [0.29, 0.717) is 25.4 Å². The second kappa shape index (κ2) is 6.32. The van der Waals surface area contributed by atoms with E-state index < -0.39 is 17.5 Å². The lowest BCUT2D eigenvalue weighted by molar-refractivity contribution is -0.163. The number of ketones is 1. The molecule has 1 rings (SSSR count). The van der Waals surface area contributed by atoms with Gasteiger partial charge in [0.2, 0.25) is 0 Å². The van der Waals surface area contributed by atoms with E-state index in [4.69, 9.17) is 4.74 Å². The normalized spacial score (nSPS) is 29.7. The van der Waals surface area contributed by atoms with Gasteiger partial charge in [0.1, 0.15) is 11.5 Å². The summed E-state index contributed by atoms with van der Waals surface area (Å²) >= 11 is 0. The molecule has 4 nitrogen and oxygen atoms in total. The highest BCUT2D eigenvalue weighted by Gasteiger charge is 2.46. The number of carbonyl (C=O) groups excluding carboxylic acids is 2. The molecule has 0 bridgehead atoms. The van der Waals surface area contributed by atoms with Crippen molar-refractivity contribution in [2.24, 2.45) is 11.8 Å². The van der Waals surface area contributed by atoms with Crippen molar-refractivity contribution < 1.29 is 19.1 Å². The summed E-state index contributed by atoms with van der Waals surface area (Å²) in [5, 5.41) is 0. The van der Waals surface area contributed by atoms with Crippen LogP contribution >= 0.6 is 0 Å². The molecule has 0 radical (unpaired) electrons. The highest BCUT2D eigenvalue weighted by molar-refractivity contribution is 6.03. The molecule has 0 saturated heterocycles. The maximum Gasteiger partial charge on any atom is 0.316 e. The van der Waals surface area contributed by atoms with Gasteiger partial charge in [0.25, 0.3) is 0 Å². The summed E-state index contributed by atoms with van der Waals surface area (Å²) in [6.45, 7) is 6.11. The van der Waals surface area contributed by atoms with Gasteiger partial charge >= 0.3 is 5.97 Å². The first kappa shape index (κ1) is 15.2. The molecule has 0 heterocycles. The number of Topliss-reactive ketones (excluding diaryl/α,β-unsaturated/α-hetero) is 1. The van der Waals surface area contributed by atoms with Gasteiger partial charge in [-0.1, -0.05) is 13.3 Å². The molecule has 18 heavy (non-hydrogen) atoms. The van der Waals surface area contributed by atoms with Gasteiger partial charge in [-0.15, -0.1) is 0 Å². The minimum absolute atomic E-state index is 0.122. The Balaban J connectivity index is 2.89. The molecule has 4 heteroatoms. The molecule has 0 N–H and O–H groups in total. The molecule has 0 amide bonds. The SMILES string of the molecule is CCOC1(C(=O)C(C)C(=O)OC)CCCC(C)C1. The third-order valence-electron chi connectivity index (χ3n) is 3.77. The van der Waals surface area contributed by atoms with Gasteiger partial charge in [-0.3, -0.25) is 9.59 Å². The van der Waals surface area contributed by atoms with Crippen molar-refractivity contribution >= 4 is 11.8 Å². The lowest BCUT2D eigenvalue weighted by Gasteiger charge is -2.39. The Kier molecular flexibility index (Phi) is 5.32. The van der Waals surface area contributed by atoms with Crippen molar-refractivity contribution in [2.75, 3.05) is 13.7 Å². The topological polar surface area (TPSA) is 52.6 Å². The van der Waals surface area contributed by atoms with Gasteiger partial charge in [-0.05, 0) is 39.0 Å². The smallest absolute Gasteiger partial charge is 0.316 e. The zero-order valence-electron chi connectivity index (χ0n) is 11.8. The summed E-state index contributed by atoms with van der Waals surface area (Å²) in [5.41, 5.74) is -0.778. The zero-order chi connectivity index (χ0) is 13.8. The largest absolute Gasteiger partial charge is 0.468 e. The fraction of sp³-hybridized carbons (Fsp3) is 0.857. The first-order chi connectivity index (χ1) is 8.46. The monoisotopic (exact) mass is 256 g/mol. The molecule has 104 valence electrons. The molecule has 1 fully saturated rings. The van der Waals surface area contributed by atoms with Crippen LogP contribution in [0.15, 0.2) is 0 Å². The van der Waals surface area contributed by atoms with E-state index in [-0.39, 0.29) is 5.78 Å². The quantitative estimate of drug-likeness (QED) is 0.559. The van der Waals surface area contributed by atoms with Crippen LogP contribution in [0.3, 0.4) is 0 Å². The third kappa shape index (κ3) is 3.10. The molecule has 1 aliphatic carbocycles. The van der Waals surface area contributed by atoms with Gasteiger partial charge in [0, 0.05) is 6.61 Å². The van der Waals surface area contributed by atoms with Crippen molar-refractivity contribution in [2.45, 2.75) is 52.1 Å². The number of hydrogen-bond donors (Lipinski definition) is 0. The Morgan fingerprint density at radius 2 is 2.11 bits per heavy atom. The second-order valence-corrected chi connectivity index (χ2v) is 5.24. The van der Waals surface area contributed by atoms with E-state index in [1.807, 2.05) is 6.92 Å². The van der Waals surface area contributed by atoms with Crippen LogP contribution < -0.4 is 0 Å². The third-order valence-corrected chi connectivity index (χ3v) is 3.77. The summed E-state index contributed by atoms with van der Waals surface area (Å²) in [6, 6.07) is 0. The van der Waals surface area contributed by atoms with Crippen LogP contribution in [0, 0.1) is 11.8 Å². The maximum atomic E-state index is 12.5. The number of ether oxygens (including phenoxy) is 2. The number of carbonyl (C=O) groups is 2. The molecule has 0 aromatic heterocycles. The summed E-state index contributed by atoms with van der Waals surface area (Å²) in [6.07, 6.45) is 3.52. The van der Waals surface area contributed by atoms with E-state index in [1.165, 1.54) is 7.11 Å². The van der Waals surface area contributed by atoms with Gasteiger partial charge in [0.05, 0.1) is 7.11 Å². The highest BCUT2D eigenvalue weighted by Crippen LogP contribution is 2.37. The summed E-state index contributed by atoms with van der Waals surface area (Å²) in [4.78, 5) is 24.1. The Morgan fingerprint density at radius 1 is 1.44 bits per heavy atom. The van der Waals surface area contributed by atoms with E-state index >= 15 is 0 Å². The molecule has 0 aromatic rings. The van der Waals surface area contributed by atoms with Crippen LogP contribution in [-0.2, 0) is 19.1 Å². The minimum atomic E-state index is -0.778. The van der Waals surface area contributed by atoms with Crippen LogP contribution in [-0.4, -0.2) is 31.1 Å². The van der Waals surface area contributed by atoms with Crippen molar-refractivity contribution in [1.29, 1.82) is 0 Å². The fourth-order valence-electron chi connectivity index (χ4n) is 2.88. The maximum absolute atomic E-state index is 12.5. The average Bonchev–Trinajstić information content (AvgIpc) is 2.36. The molecule has 3 atom stereocenters. The molecular weight excluding hydrogens is 232 g/mol. The molecule has 1 aliphatic rings. The Labute approximate surface area is 109 Å². The predicted molar refractivity (Wildman–Crippen MR) is 68.2 cm³/mol.